The van der Waals surface area contributed by atoms with Crippen LogP contribution in [-0.2, 0) is 6.54 Å². The lowest BCUT2D eigenvalue weighted by molar-refractivity contribution is 0.455. The van der Waals surface area contributed by atoms with Gasteiger partial charge in [-0.2, -0.15) is 0 Å². The van der Waals surface area contributed by atoms with Gasteiger partial charge in [-0.1, -0.05) is 35.9 Å². The maximum Gasteiger partial charge on any atom is 0.214 e. The van der Waals surface area contributed by atoms with Crippen LogP contribution in [0.2, 0.25) is 0 Å². The van der Waals surface area contributed by atoms with E-state index in [9.17, 15) is 0 Å². The number of aryl methyl sites for hydroxylation is 2. The predicted octanol–water partition coefficient (Wildman–Crippen LogP) is 3.69. The molecule has 1 aromatic carbocycles. The molecule has 0 radical (unpaired) electrons. The molecule has 7 nitrogen and oxygen atoms in total. The van der Waals surface area contributed by atoms with E-state index in [2.05, 4.69) is 68.6 Å². The summed E-state index contributed by atoms with van der Waals surface area (Å²) >= 11 is 0. The highest BCUT2D eigenvalue weighted by Gasteiger charge is 2.21. The minimum Gasteiger partial charge on any atom is -0.439 e. The Labute approximate surface area is 183 Å². The third kappa shape index (κ3) is 5.42. The zero-order valence-corrected chi connectivity index (χ0v) is 18.4. The fourth-order valence-electron chi connectivity index (χ4n) is 3.69. The number of hydrogen-bond acceptors (Lipinski definition) is 5. The molecule has 31 heavy (non-hydrogen) atoms. The molecular weight excluding hydrogens is 388 g/mol. The third-order valence-corrected chi connectivity index (χ3v) is 5.58. The molecule has 1 fully saturated rings. The predicted molar refractivity (Wildman–Crippen MR) is 124 cm³/mol. The first-order valence-corrected chi connectivity index (χ1v) is 10.8. The lowest BCUT2D eigenvalue weighted by Crippen LogP contribution is -2.48. The Morgan fingerprint density at radius 1 is 1.03 bits per heavy atom. The van der Waals surface area contributed by atoms with Crippen LogP contribution in [-0.4, -0.2) is 42.1 Å². The molecule has 1 saturated heterocycles. The summed E-state index contributed by atoms with van der Waals surface area (Å²) in [6.45, 7) is 6.57. The van der Waals surface area contributed by atoms with Crippen LogP contribution in [0.25, 0.3) is 11.3 Å². The van der Waals surface area contributed by atoms with Gasteiger partial charge in [0.2, 0.25) is 5.89 Å². The molecule has 0 spiro atoms. The number of aliphatic imine (C=N–C) groups is 1. The summed E-state index contributed by atoms with van der Waals surface area (Å²) in [6.07, 6.45) is 5.77. The number of pyridine rings is 1. The van der Waals surface area contributed by atoms with E-state index in [0.717, 1.165) is 49.0 Å². The third-order valence-electron chi connectivity index (χ3n) is 5.58. The molecular formula is C24H30N6O. The highest BCUT2D eigenvalue weighted by Crippen LogP contribution is 2.21. The summed E-state index contributed by atoms with van der Waals surface area (Å²) in [5.41, 5.74) is 3.44. The van der Waals surface area contributed by atoms with E-state index in [1.807, 2.05) is 18.3 Å². The number of aromatic nitrogens is 2. The van der Waals surface area contributed by atoms with Crippen molar-refractivity contribution in [1.82, 2.24) is 20.6 Å². The summed E-state index contributed by atoms with van der Waals surface area (Å²) in [4.78, 5) is 15.6. The van der Waals surface area contributed by atoms with E-state index in [0.29, 0.717) is 18.5 Å². The van der Waals surface area contributed by atoms with Crippen LogP contribution in [0.4, 0.5) is 5.82 Å². The standard InChI is InChI=1S/C24H30N6O/c1-17-4-7-19(8-5-17)21-15-27-23(31-21)16-28-24(25-3)29-20-10-12-30(13-11-20)22-9-6-18(2)14-26-22/h4-9,14-15,20H,10-13,16H2,1-3H3,(H2,25,28,29). The number of oxazole rings is 1. The van der Waals surface area contributed by atoms with Gasteiger partial charge in [0.05, 0.1) is 12.7 Å². The number of nitrogens with one attached hydrogen (secondary N) is 2. The van der Waals surface area contributed by atoms with Crippen molar-refractivity contribution in [2.45, 2.75) is 39.3 Å². The Balaban J connectivity index is 1.26. The summed E-state index contributed by atoms with van der Waals surface area (Å²) in [5, 5.41) is 6.84. The van der Waals surface area contributed by atoms with Gasteiger partial charge in [-0.25, -0.2) is 9.97 Å². The summed E-state index contributed by atoms with van der Waals surface area (Å²) < 4.78 is 5.90. The van der Waals surface area contributed by atoms with Crippen molar-refractivity contribution in [3.63, 3.8) is 0 Å². The van der Waals surface area contributed by atoms with Crippen LogP contribution in [0.1, 0.15) is 29.9 Å². The minimum absolute atomic E-state index is 0.376. The number of hydrogen-bond donors (Lipinski definition) is 2. The molecule has 0 atom stereocenters. The smallest absolute Gasteiger partial charge is 0.214 e. The average molecular weight is 419 g/mol. The topological polar surface area (TPSA) is 78.6 Å². The summed E-state index contributed by atoms with van der Waals surface area (Å²) in [6, 6.07) is 12.8. The number of benzene rings is 1. The van der Waals surface area contributed by atoms with Crippen molar-refractivity contribution in [3.8, 4) is 11.3 Å². The normalized spacial score (nSPS) is 15.2. The molecule has 2 aromatic heterocycles. The van der Waals surface area contributed by atoms with Crippen molar-refractivity contribution >= 4 is 11.8 Å². The average Bonchev–Trinajstić information content (AvgIpc) is 3.27. The largest absolute Gasteiger partial charge is 0.439 e. The second kappa shape index (κ2) is 9.64. The first-order chi connectivity index (χ1) is 15.1. The van der Waals surface area contributed by atoms with Crippen LogP contribution in [0.3, 0.4) is 0 Å². The first kappa shape index (κ1) is 20.9. The molecule has 4 rings (SSSR count). The fourth-order valence-corrected chi connectivity index (χ4v) is 3.69. The molecule has 0 aliphatic carbocycles. The van der Waals surface area contributed by atoms with Gasteiger partial charge >= 0.3 is 0 Å². The Bertz CT molecular complexity index is 1000. The highest BCUT2D eigenvalue weighted by molar-refractivity contribution is 5.79. The minimum atomic E-state index is 0.376. The number of guanidine groups is 1. The number of piperidine rings is 1. The molecule has 1 aliphatic rings. The van der Waals surface area contributed by atoms with Crippen molar-refractivity contribution < 1.29 is 4.42 Å². The maximum absolute atomic E-state index is 5.90. The van der Waals surface area contributed by atoms with E-state index in [4.69, 9.17) is 4.42 Å². The molecule has 3 heterocycles. The maximum atomic E-state index is 5.90. The second-order valence-corrected chi connectivity index (χ2v) is 8.01. The van der Waals surface area contributed by atoms with Gasteiger partial charge in [-0.05, 0) is 38.3 Å². The van der Waals surface area contributed by atoms with E-state index in [-0.39, 0.29) is 0 Å². The van der Waals surface area contributed by atoms with Crippen molar-refractivity contribution in [3.05, 3.63) is 65.8 Å². The monoisotopic (exact) mass is 418 g/mol. The van der Waals surface area contributed by atoms with Gasteiger partial charge in [-0.15, -0.1) is 0 Å². The molecule has 0 unspecified atom stereocenters. The summed E-state index contributed by atoms with van der Waals surface area (Å²) in [7, 11) is 1.79. The van der Waals surface area contributed by atoms with Gasteiger partial charge < -0.3 is 20.0 Å². The highest BCUT2D eigenvalue weighted by atomic mass is 16.4. The van der Waals surface area contributed by atoms with Crippen molar-refractivity contribution in [2.24, 2.45) is 4.99 Å². The van der Waals surface area contributed by atoms with Crippen LogP contribution in [0.15, 0.2) is 58.2 Å². The van der Waals surface area contributed by atoms with Gasteiger partial charge in [0.1, 0.15) is 5.82 Å². The van der Waals surface area contributed by atoms with E-state index in [1.54, 1.807) is 13.2 Å². The molecule has 2 N–H and O–H groups in total. The molecule has 7 heteroatoms. The van der Waals surface area contributed by atoms with Crippen molar-refractivity contribution in [1.29, 1.82) is 0 Å². The van der Waals surface area contributed by atoms with Crippen molar-refractivity contribution in [2.75, 3.05) is 25.0 Å². The van der Waals surface area contributed by atoms with Gasteiger partial charge in [0.25, 0.3) is 0 Å². The molecule has 162 valence electrons. The van der Waals surface area contributed by atoms with Gasteiger partial charge in [0, 0.05) is 37.9 Å². The Hall–Kier alpha value is -3.35. The quantitative estimate of drug-likeness (QED) is 0.486. The Morgan fingerprint density at radius 2 is 1.77 bits per heavy atom. The number of anilines is 1. The van der Waals surface area contributed by atoms with E-state index < -0.39 is 0 Å². The Kier molecular flexibility index (Phi) is 6.50. The molecule has 1 aliphatic heterocycles. The fraction of sp³-hybridized carbons (Fsp3) is 0.375. The second-order valence-electron chi connectivity index (χ2n) is 8.01. The number of rotatable bonds is 5. The van der Waals surface area contributed by atoms with Crippen LogP contribution in [0, 0.1) is 13.8 Å². The van der Waals surface area contributed by atoms with Crippen LogP contribution < -0.4 is 15.5 Å². The Morgan fingerprint density at radius 3 is 2.45 bits per heavy atom. The number of nitrogens with zero attached hydrogens (tertiary/aromatic N) is 4. The molecule has 3 aromatic rings. The lowest BCUT2D eigenvalue weighted by atomic mass is 10.1. The zero-order valence-electron chi connectivity index (χ0n) is 18.4. The zero-order chi connectivity index (χ0) is 21.6. The van der Waals surface area contributed by atoms with Gasteiger partial charge in [-0.3, -0.25) is 4.99 Å². The van der Waals surface area contributed by atoms with E-state index >= 15 is 0 Å². The lowest BCUT2D eigenvalue weighted by Gasteiger charge is -2.33. The SMILES string of the molecule is CN=C(NCc1ncc(-c2ccc(C)cc2)o1)NC1CCN(c2ccc(C)cn2)CC1. The van der Waals surface area contributed by atoms with E-state index in [1.165, 1.54) is 11.1 Å². The van der Waals surface area contributed by atoms with Gasteiger partial charge in [0.15, 0.2) is 11.7 Å². The molecule has 0 amide bonds. The summed E-state index contributed by atoms with van der Waals surface area (Å²) in [5.74, 6) is 3.23. The molecule has 0 saturated carbocycles. The first-order valence-electron chi connectivity index (χ1n) is 10.8. The van der Waals surface area contributed by atoms with Crippen LogP contribution in [0.5, 0.6) is 0 Å². The van der Waals surface area contributed by atoms with Crippen LogP contribution >= 0.6 is 0 Å². The molecule has 0 bridgehead atoms.